The third-order valence-electron chi connectivity index (χ3n) is 4.62. The van der Waals surface area contributed by atoms with E-state index in [-0.39, 0.29) is 18.4 Å². The van der Waals surface area contributed by atoms with E-state index in [0.29, 0.717) is 23.9 Å². The summed E-state index contributed by atoms with van der Waals surface area (Å²) in [5.74, 6) is -0.142. The first kappa shape index (κ1) is 20.8. The van der Waals surface area contributed by atoms with E-state index in [4.69, 9.17) is 0 Å². The number of benzene rings is 1. The highest BCUT2D eigenvalue weighted by Crippen LogP contribution is 2.28. The zero-order valence-corrected chi connectivity index (χ0v) is 18.5. The van der Waals surface area contributed by atoms with Gasteiger partial charge < -0.3 is 5.32 Å². The minimum Gasteiger partial charge on any atom is -0.322 e. The van der Waals surface area contributed by atoms with Crippen LogP contribution in [0.2, 0.25) is 0 Å². The predicted octanol–water partition coefficient (Wildman–Crippen LogP) is 3.79. The van der Waals surface area contributed by atoms with Gasteiger partial charge in [0, 0.05) is 4.47 Å². The summed E-state index contributed by atoms with van der Waals surface area (Å²) in [6.45, 7) is 6.29. The Balaban J connectivity index is 1.81. The number of fused-ring (bicyclic) bond motifs is 1. The Kier molecular flexibility index (Phi) is 6.40. The van der Waals surface area contributed by atoms with Crippen LogP contribution < -0.4 is 5.32 Å². The van der Waals surface area contributed by atoms with E-state index >= 15 is 0 Å². The molecule has 8 heteroatoms. The molecule has 148 valence electrons. The second-order valence-electron chi connectivity index (χ2n) is 7.32. The van der Waals surface area contributed by atoms with Crippen molar-refractivity contribution in [2.45, 2.75) is 32.4 Å². The summed E-state index contributed by atoms with van der Waals surface area (Å²) in [7, 11) is 0. The summed E-state index contributed by atoms with van der Waals surface area (Å²) in [6.07, 6.45) is 2.48. The summed E-state index contributed by atoms with van der Waals surface area (Å²) in [6, 6.07) is 5.20. The van der Waals surface area contributed by atoms with Crippen LogP contribution >= 0.6 is 27.7 Å². The van der Waals surface area contributed by atoms with Gasteiger partial charge in [0.15, 0.2) is 11.8 Å². The number of halogens is 1. The van der Waals surface area contributed by atoms with Crippen molar-refractivity contribution in [1.82, 2.24) is 4.90 Å². The number of allylic oxidation sites excluding steroid dienone is 1. The molecule has 0 radical (unpaired) electrons. The molecule has 1 unspecified atom stereocenters. The molecule has 2 aliphatic heterocycles. The SMILES string of the molecule is Cc1ccc(NC(=O)C[N+]2=C3C=CSC3C(=O)N(CCC(C)C)C2=O)c(Br)c1. The van der Waals surface area contributed by atoms with Crippen molar-refractivity contribution in [2.24, 2.45) is 5.92 Å². The first-order valence-electron chi connectivity index (χ1n) is 9.15. The Bertz CT molecular complexity index is 895. The highest BCUT2D eigenvalue weighted by molar-refractivity contribution is 9.10. The van der Waals surface area contributed by atoms with Crippen LogP contribution in [-0.4, -0.2) is 51.4 Å². The minimum atomic E-state index is -0.455. The van der Waals surface area contributed by atoms with Crippen molar-refractivity contribution in [3.63, 3.8) is 0 Å². The largest absolute Gasteiger partial charge is 0.501 e. The monoisotopic (exact) mass is 464 g/mol. The average Bonchev–Trinajstić information content (AvgIpc) is 3.10. The lowest BCUT2D eigenvalue weighted by molar-refractivity contribution is -0.425. The molecule has 1 N–H and O–H groups in total. The van der Waals surface area contributed by atoms with Gasteiger partial charge in [-0.3, -0.25) is 4.79 Å². The highest BCUT2D eigenvalue weighted by Gasteiger charge is 2.49. The van der Waals surface area contributed by atoms with E-state index in [2.05, 4.69) is 21.2 Å². The number of hydrogen-bond donors (Lipinski definition) is 1. The number of amides is 4. The Hall–Kier alpha value is -1.93. The maximum Gasteiger partial charge on any atom is 0.501 e. The van der Waals surface area contributed by atoms with Crippen LogP contribution in [0.4, 0.5) is 10.5 Å². The fourth-order valence-electron chi connectivity index (χ4n) is 3.06. The van der Waals surface area contributed by atoms with E-state index in [1.54, 1.807) is 11.5 Å². The molecule has 1 atom stereocenters. The van der Waals surface area contributed by atoms with Crippen LogP contribution in [0.25, 0.3) is 0 Å². The molecule has 0 saturated carbocycles. The van der Waals surface area contributed by atoms with Gasteiger partial charge in [-0.25, -0.2) is 4.79 Å². The zero-order valence-electron chi connectivity index (χ0n) is 16.1. The molecule has 6 nitrogen and oxygen atoms in total. The lowest BCUT2D eigenvalue weighted by atomic mass is 10.1. The molecule has 2 heterocycles. The number of hydrogen-bond acceptors (Lipinski definition) is 4. The van der Waals surface area contributed by atoms with E-state index in [9.17, 15) is 14.4 Å². The van der Waals surface area contributed by atoms with Gasteiger partial charge in [0.05, 0.1) is 12.2 Å². The number of carbonyl (C=O) groups is 3. The molecule has 28 heavy (non-hydrogen) atoms. The Morgan fingerprint density at radius 3 is 2.79 bits per heavy atom. The van der Waals surface area contributed by atoms with Crippen LogP contribution in [-0.2, 0) is 9.59 Å². The number of imide groups is 1. The maximum absolute atomic E-state index is 13.0. The third kappa shape index (κ3) is 4.38. The van der Waals surface area contributed by atoms with Gasteiger partial charge in [-0.2, -0.15) is 14.3 Å². The number of nitrogens with zero attached hydrogens (tertiary/aromatic N) is 2. The summed E-state index contributed by atoms with van der Waals surface area (Å²) in [4.78, 5) is 39.6. The summed E-state index contributed by atoms with van der Waals surface area (Å²) in [5.41, 5.74) is 2.30. The van der Waals surface area contributed by atoms with Crippen molar-refractivity contribution in [3.05, 3.63) is 39.7 Å². The number of urea groups is 1. The Labute approximate surface area is 177 Å². The molecular formula is C20H23BrN3O3S+. The van der Waals surface area contributed by atoms with Crippen LogP contribution in [0, 0.1) is 12.8 Å². The van der Waals surface area contributed by atoms with Crippen LogP contribution in [0.1, 0.15) is 25.8 Å². The molecule has 0 aliphatic carbocycles. The van der Waals surface area contributed by atoms with Gasteiger partial charge in [-0.1, -0.05) is 19.9 Å². The first-order valence-corrected chi connectivity index (χ1v) is 10.9. The highest BCUT2D eigenvalue weighted by atomic mass is 79.9. The first-order chi connectivity index (χ1) is 13.3. The Morgan fingerprint density at radius 2 is 2.11 bits per heavy atom. The molecule has 2 aliphatic rings. The van der Waals surface area contributed by atoms with Crippen LogP contribution in [0.3, 0.4) is 0 Å². The quantitative estimate of drug-likeness (QED) is 0.650. The molecule has 0 aromatic heterocycles. The minimum absolute atomic E-state index is 0.138. The summed E-state index contributed by atoms with van der Waals surface area (Å²) < 4.78 is 2.20. The number of anilines is 1. The number of thioether (sulfide) groups is 1. The maximum atomic E-state index is 13.0. The van der Waals surface area contributed by atoms with Crippen LogP contribution in [0.5, 0.6) is 0 Å². The fourth-order valence-corrected chi connectivity index (χ4v) is 4.62. The number of rotatable bonds is 6. The van der Waals surface area contributed by atoms with Crippen molar-refractivity contribution in [1.29, 1.82) is 0 Å². The normalized spacial score (nSPS) is 18.9. The van der Waals surface area contributed by atoms with Crippen molar-refractivity contribution in [3.8, 4) is 0 Å². The smallest absolute Gasteiger partial charge is 0.322 e. The van der Waals surface area contributed by atoms with E-state index in [1.165, 1.54) is 21.2 Å². The van der Waals surface area contributed by atoms with Crippen molar-refractivity contribution < 1.29 is 19.0 Å². The van der Waals surface area contributed by atoms with Gasteiger partial charge in [-0.05, 0) is 64.4 Å². The second-order valence-corrected chi connectivity index (χ2v) is 9.19. The van der Waals surface area contributed by atoms with Crippen molar-refractivity contribution in [2.75, 3.05) is 18.4 Å². The third-order valence-corrected chi connectivity index (χ3v) is 6.28. The molecule has 0 bridgehead atoms. The molecular weight excluding hydrogens is 442 g/mol. The van der Waals surface area contributed by atoms with Gasteiger partial charge >= 0.3 is 11.9 Å². The lowest BCUT2D eigenvalue weighted by Crippen LogP contribution is -2.56. The lowest BCUT2D eigenvalue weighted by Gasteiger charge is -2.24. The number of nitrogens with one attached hydrogen (secondary N) is 1. The predicted molar refractivity (Wildman–Crippen MR) is 115 cm³/mol. The fraction of sp³-hybridized carbons (Fsp3) is 0.400. The number of carbonyl (C=O) groups excluding carboxylic acids is 3. The van der Waals surface area contributed by atoms with Gasteiger partial charge in [-0.15, -0.1) is 11.8 Å². The molecule has 1 aromatic carbocycles. The van der Waals surface area contributed by atoms with Crippen LogP contribution in [0.15, 0.2) is 34.2 Å². The Morgan fingerprint density at radius 1 is 1.36 bits per heavy atom. The van der Waals surface area contributed by atoms with E-state index < -0.39 is 11.3 Å². The zero-order chi connectivity index (χ0) is 20.4. The molecule has 1 aromatic rings. The van der Waals surface area contributed by atoms with Crippen molar-refractivity contribution >= 4 is 56.9 Å². The molecule has 0 fully saturated rings. The van der Waals surface area contributed by atoms with E-state index in [0.717, 1.165) is 16.5 Å². The molecule has 0 spiro atoms. The molecule has 0 saturated heterocycles. The van der Waals surface area contributed by atoms with Gasteiger partial charge in [0.2, 0.25) is 0 Å². The topological polar surface area (TPSA) is 69.5 Å². The average molecular weight is 465 g/mol. The van der Waals surface area contributed by atoms with Gasteiger partial charge in [0.1, 0.15) is 5.71 Å². The molecule has 4 amide bonds. The van der Waals surface area contributed by atoms with E-state index in [1.807, 2.05) is 39.0 Å². The summed E-state index contributed by atoms with van der Waals surface area (Å²) >= 11 is 4.81. The summed E-state index contributed by atoms with van der Waals surface area (Å²) in [5, 5.41) is 4.18. The van der Waals surface area contributed by atoms with Gasteiger partial charge in [0.25, 0.3) is 5.91 Å². The number of aryl methyl sites for hydroxylation is 1. The molecule has 3 rings (SSSR count). The standard InChI is InChI=1S/C20H22BrN3O3S/c1-12(2)6-8-23-19(26)18-16(7-9-28-18)24(20(23)27)11-17(25)22-15-5-4-13(3)10-14(15)21/h4-5,7,9-10,12,18H,6,8,11H2,1-3H3/p+1. The second kappa shape index (κ2) is 8.61.